The summed E-state index contributed by atoms with van der Waals surface area (Å²) in [5.74, 6) is 0.356. The van der Waals surface area contributed by atoms with E-state index in [2.05, 4.69) is 20.8 Å². The van der Waals surface area contributed by atoms with Crippen LogP contribution in [0.2, 0.25) is 0 Å². The Bertz CT molecular complexity index is 221. The second kappa shape index (κ2) is 4.65. The SMILES string of the molecule is CC(C)(C)CCC(=O)CC1(N)CCCC1. The Labute approximate surface area is 93.6 Å². The smallest absolute Gasteiger partial charge is 0.134 e. The van der Waals surface area contributed by atoms with E-state index in [1.807, 2.05) is 0 Å². The van der Waals surface area contributed by atoms with Gasteiger partial charge >= 0.3 is 0 Å². The second-order valence-corrected chi connectivity index (χ2v) is 6.35. The molecule has 0 heterocycles. The number of carbonyl (C=O) groups excluding carboxylic acids is 1. The van der Waals surface area contributed by atoms with E-state index >= 15 is 0 Å². The standard InChI is InChI=1S/C13H25NO/c1-12(2,3)9-6-11(15)10-13(14)7-4-5-8-13/h4-10,14H2,1-3H3. The molecular formula is C13H25NO. The number of carbonyl (C=O) groups is 1. The maximum Gasteiger partial charge on any atom is 0.134 e. The van der Waals surface area contributed by atoms with Crippen molar-refractivity contribution < 1.29 is 4.79 Å². The maximum absolute atomic E-state index is 11.8. The first kappa shape index (κ1) is 12.7. The van der Waals surface area contributed by atoms with E-state index in [9.17, 15) is 4.79 Å². The highest BCUT2D eigenvalue weighted by Crippen LogP contribution is 2.31. The van der Waals surface area contributed by atoms with Crippen molar-refractivity contribution in [3.8, 4) is 0 Å². The predicted octanol–water partition coefficient (Wildman–Crippen LogP) is 3.04. The molecule has 0 aromatic heterocycles. The molecule has 0 radical (unpaired) electrons. The normalized spacial score (nSPS) is 20.5. The van der Waals surface area contributed by atoms with Crippen LogP contribution in [-0.2, 0) is 4.79 Å². The molecule has 0 atom stereocenters. The molecule has 1 aliphatic carbocycles. The fraction of sp³-hybridized carbons (Fsp3) is 0.923. The van der Waals surface area contributed by atoms with Gasteiger partial charge in [0.25, 0.3) is 0 Å². The first-order valence-electron chi connectivity index (χ1n) is 6.11. The zero-order valence-electron chi connectivity index (χ0n) is 10.4. The molecule has 1 saturated carbocycles. The van der Waals surface area contributed by atoms with E-state index < -0.39 is 0 Å². The molecule has 1 rings (SSSR count). The van der Waals surface area contributed by atoms with Crippen molar-refractivity contribution in [2.45, 2.75) is 71.3 Å². The highest BCUT2D eigenvalue weighted by atomic mass is 16.1. The van der Waals surface area contributed by atoms with E-state index in [0.29, 0.717) is 18.6 Å². The van der Waals surface area contributed by atoms with Gasteiger partial charge in [-0.2, -0.15) is 0 Å². The lowest BCUT2D eigenvalue weighted by molar-refractivity contribution is -0.120. The molecule has 2 heteroatoms. The zero-order valence-corrected chi connectivity index (χ0v) is 10.4. The highest BCUT2D eigenvalue weighted by molar-refractivity contribution is 5.79. The van der Waals surface area contributed by atoms with Gasteiger partial charge in [0.05, 0.1) is 0 Å². The van der Waals surface area contributed by atoms with Gasteiger partial charge in [-0.1, -0.05) is 33.6 Å². The predicted molar refractivity (Wildman–Crippen MR) is 63.7 cm³/mol. The van der Waals surface area contributed by atoms with Gasteiger partial charge in [-0.25, -0.2) is 0 Å². The molecule has 0 saturated heterocycles. The zero-order chi connectivity index (χ0) is 11.5. The van der Waals surface area contributed by atoms with Crippen LogP contribution < -0.4 is 5.73 Å². The van der Waals surface area contributed by atoms with Crippen molar-refractivity contribution in [1.82, 2.24) is 0 Å². The summed E-state index contributed by atoms with van der Waals surface area (Å²) < 4.78 is 0. The minimum absolute atomic E-state index is 0.158. The molecule has 2 N–H and O–H groups in total. The summed E-state index contributed by atoms with van der Waals surface area (Å²) >= 11 is 0. The Kier molecular flexibility index (Phi) is 3.93. The van der Waals surface area contributed by atoms with Crippen LogP contribution in [0.15, 0.2) is 0 Å². The van der Waals surface area contributed by atoms with Gasteiger partial charge in [0.2, 0.25) is 0 Å². The molecule has 15 heavy (non-hydrogen) atoms. The van der Waals surface area contributed by atoms with E-state index in [0.717, 1.165) is 19.3 Å². The van der Waals surface area contributed by atoms with Gasteiger partial charge in [-0.15, -0.1) is 0 Å². The molecule has 1 fully saturated rings. The summed E-state index contributed by atoms with van der Waals surface area (Å²) in [5, 5.41) is 0. The van der Waals surface area contributed by atoms with E-state index in [4.69, 9.17) is 5.73 Å². The highest BCUT2D eigenvalue weighted by Gasteiger charge is 2.31. The second-order valence-electron chi connectivity index (χ2n) is 6.35. The van der Waals surface area contributed by atoms with E-state index in [1.165, 1.54) is 12.8 Å². The number of rotatable bonds is 4. The maximum atomic E-state index is 11.8. The lowest BCUT2D eigenvalue weighted by atomic mass is 9.86. The Hall–Kier alpha value is -0.370. The Morgan fingerprint density at radius 2 is 1.80 bits per heavy atom. The molecular weight excluding hydrogens is 186 g/mol. The number of Topliss-reactive ketones (excluding diaryl/α,β-unsaturated/α-hetero) is 1. The Morgan fingerprint density at radius 1 is 1.27 bits per heavy atom. The summed E-state index contributed by atoms with van der Waals surface area (Å²) in [4.78, 5) is 11.8. The van der Waals surface area contributed by atoms with Crippen molar-refractivity contribution in [2.24, 2.45) is 11.1 Å². The van der Waals surface area contributed by atoms with Gasteiger partial charge in [0.15, 0.2) is 0 Å². The van der Waals surface area contributed by atoms with Crippen LogP contribution in [0, 0.1) is 5.41 Å². The number of ketones is 1. The van der Waals surface area contributed by atoms with Gasteiger partial charge in [0, 0.05) is 18.4 Å². The third kappa shape index (κ3) is 4.78. The van der Waals surface area contributed by atoms with E-state index in [1.54, 1.807) is 0 Å². The lowest BCUT2D eigenvalue weighted by Gasteiger charge is -2.23. The lowest BCUT2D eigenvalue weighted by Crippen LogP contribution is -2.38. The molecule has 0 unspecified atom stereocenters. The van der Waals surface area contributed by atoms with Gasteiger partial charge in [0.1, 0.15) is 5.78 Å². The monoisotopic (exact) mass is 211 g/mol. The van der Waals surface area contributed by atoms with Crippen LogP contribution in [0.4, 0.5) is 0 Å². The Morgan fingerprint density at radius 3 is 2.27 bits per heavy atom. The molecule has 1 aliphatic rings. The topological polar surface area (TPSA) is 43.1 Å². The minimum Gasteiger partial charge on any atom is -0.325 e. The van der Waals surface area contributed by atoms with Gasteiger partial charge in [-0.3, -0.25) is 4.79 Å². The third-order valence-corrected chi connectivity index (χ3v) is 3.30. The average Bonchev–Trinajstić information content (AvgIpc) is 2.47. The molecule has 0 aromatic rings. The quantitative estimate of drug-likeness (QED) is 0.776. The molecule has 88 valence electrons. The van der Waals surface area contributed by atoms with Crippen molar-refractivity contribution in [3.63, 3.8) is 0 Å². The molecule has 0 bridgehead atoms. The summed E-state index contributed by atoms with van der Waals surface area (Å²) in [6.45, 7) is 6.52. The van der Waals surface area contributed by atoms with Crippen molar-refractivity contribution in [3.05, 3.63) is 0 Å². The number of hydrogen-bond donors (Lipinski definition) is 1. The van der Waals surface area contributed by atoms with Crippen LogP contribution >= 0.6 is 0 Å². The van der Waals surface area contributed by atoms with Crippen molar-refractivity contribution in [2.75, 3.05) is 0 Å². The van der Waals surface area contributed by atoms with Crippen LogP contribution in [0.3, 0.4) is 0 Å². The first-order valence-corrected chi connectivity index (χ1v) is 6.11. The fourth-order valence-electron chi connectivity index (χ4n) is 2.25. The first-order chi connectivity index (χ1) is 6.81. The Balaban J connectivity index is 2.30. The van der Waals surface area contributed by atoms with Gasteiger partial charge in [-0.05, 0) is 24.7 Å². The summed E-state index contributed by atoms with van der Waals surface area (Å²) in [6, 6.07) is 0. The van der Waals surface area contributed by atoms with Crippen LogP contribution in [0.1, 0.15) is 65.7 Å². The van der Waals surface area contributed by atoms with Gasteiger partial charge < -0.3 is 5.73 Å². The fourth-order valence-corrected chi connectivity index (χ4v) is 2.25. The van der Waals surface area contributed by atoms with Crippen LogP contribution in [0.25, 0.3) is 0 Å². The van der Waals surface area contributed by atoms with Crippen molar-refractivity contribution in [1.29, 1.82) is 0 Å². The summed E-state index contributed by atoms with van der Waals surface area (Å²) in [5.41, 5.74) is 6.28. The molecule has 0 spiro atoms. The number of nitrogens with two attached hydrogens (primary N) is 1. The number of hydrogen-bond acceptors (Lipinski definition) is 2. The molecule has 0 amide bonds. The summed E-state index contributed by atoms with van der Waals surface area (Å²) in [6.07, 6.45) is 6.74. The molecule has 2 nitrogen and oxygen atoms in total. The molecule has 0 aromatic carbocycles. The minimum atomic E-state index is -0.158. The largest absolute Gasteiger partial charge is 0.325 e. The van der Waals surface area contributed by atoms with E-state index in [-0.39, 0.29) is 11.0 Å². The van der Waals surface area contributed by atoms with Crippen LogP contribution in [-0.4, -0.2) is 11.3 Å². The summed E-state index contributed by atoms with van der Waals surface area (Å²) in [7, 11) is 0. The third-order valence-electron chi connectivity index (χ3n) is 3.30. The van der Waals surface area contributed by atoms with Crippen molar-refractivity contribution >= 4 is 5.78 Å². The molecule has 0 aliphatic heterocycles. The van der Waals surface area contributed by atoms with Crippen LogP contribution in [0.5, 0.6) is 0 Å². The average molecular weight is 211 g/mol.